The van der Waals surface area contributed by atoms with Crippen LogP contribution in [0.1, 0.15) is 12.8 Å². The predicted molar refractivity (Wildman–Crippen MR) is 101 cm³/mol. The van der Waals surface area contributed by atoms with Crippen LogP contribution in [0.15, 0.2) is 0 Å². The average molecular weight is 431 g/mol. The van der Waals surface area contributed by atoms with E-state index in [1.165, 1.54) is 0 Å². The Labute approximate surface area is 175 Å². The summed E-state index contributed by atoms with van der Waals surface area (Å²) in [5.41, 5.74) is 0. The quantitative estimate of drug-likeness (QED) is 0.148. The van der Waals surface area contributed by atoms with Gasteiger partial charge in [0, 0.05) is 12.8 Å². The SMILES string of the molecule is C#CCOCCOCCOCCOCCOCCOCC(=O)ON1C(=O)CCC1=O. The molecule has 0 unspecified atom stereocenters. The van der Waals surface area contributed by atoms with Crippen LogP contribution < -0.4 is 0 Å². The van der Waals surface area contributed by atoms with E-state index in [-0.39, 0.29) is 39.3 Å². The van der Waals surface area contributed by atoms with E-state index in [0.29, 0.717) is 57.9 Å². The first kappa shape index (κ1) is 26.0. The third-order valence-corrected chi connectivity index (χ3v) is 3.46. The van der Waals surface area contributed by atoms with Crippen LogP contribution in [-0.4, -0.2) is 102 Å². The van der Waals surface area contributed by atoms with Gasteiger partial charge in [-0.1, -0.05) is 5.92 Å². The molecule has 0 bridgehead atoms. The van der Waals surface area contributed by atoms with Gasteiger partial charge in [-0.05, 0) is 0 Å². The van der Waals surface area contributed by atoms with Crippen molar-refractivity contribution < 1.29 is 47.6 Å². The summed E-state index contributed by atoms with van der Waals surface area (Å²) in [6.07, 6.45) is 5.14. The zero-order valence-corrected chi connectivity index (χ0v) is 17.0. The summed E-state index contributed by atoms with van der Waals surface area (Å²) in [7, 11) is 0. The Kier molecular flexibility index (Phi) is 15.4. The molecular weight excluding hydrogens is 402 g/mol. The standard InChI is InChI=1S/C19H29NO10/c1-2-5-24-6-7-25-8-9-26-10-11-27-12-13-28-14-15-29-16-19(23)30-20-17(21)3-4-18(20)22/h1H,3-16H2. The van der Waals surface area contributed by atoms with Crippen molar-refractivity contribution in [2.24, 2.45) is 0 Å². The molecule has 1 aliphatic heterocycles. The Morgan fingerprint density at radius 3 is 1.57 bits per heavy atom. The summed E-state index contributed by atoms with van der Waals surface area (Å²) in [5.74, 6) is 0.494. The first-order valence-electron chi connectivity index (χ1n) is 9.61. The molecule has 0 spiro atoms. The summed E-state index contributed by atoms with van der Waals surface area (Å²) < 4.78 is 31.3. The molecule has 0 aromatic carbocycles. The van der Waals surface area contributed by atoms with Crippen molar-refractivity contribution in [3.8, 4) is 12.3 Å². The van der Waals surface area contributed by atoms with Crippen molar-refractivity contribution in [3.63, 3.8) is 0 Å². The molecule has 0 atom stereocenters. The minimum Gasteiger partial charge on any atom is -0.377 e. The number of amides is 2. The van der Waals surface area contributed by atoms with Crippen molar-refractivity contribution >= 4 is 17.8 Å². The fourth-order valence-corrected chi connectivity index (χ4v) is 2.07. The molecule has 30 heavy (non-hydrogen) atoms. The van der Waals surface area contributed by atoms with Crippen LogP contribution in [0.2, 0.25) is 0 Å². The van der Waals surface area contributed by atoms with Crippen molar-refractivity contribution in [2.75, 3.05) is 79.3 Å². The molecule has 0 saturated carbocycles. The number of hydroxylamine groups is 2. The lowest BCUT2D eigenvalue weighted by Crippen LogP contribution is -2.33. The van der Waals surface area contributed by atoms with Gasteiger partial charge in [0.2, 0.25) is 0 Å². The van der Waals surface area contributed by atoms with Crippen molar-refractivity contribution in [1.29, 1.82) is 0 Å². The second kappa shape index (κ2) is 17.8. The Balaban J connectivity index is 1.76. The van der Waals surface area contributed by atoms with E-state index in [1.54, 1.807) is 0 Å². The fraction of sp³-hybridized carbons (Fsp3) is 0.737. The highest BCUT2D eigenvalue weighted by molar-refractivity contribution is 6.01. The first-order chi connectivity index (χ1) is 14.6. The smallest absolute Gasteiger partial charge is 0.358 e. The first-order valence-corrected chi connectivity index (χ1v) is 9.61. The highest BCUT2D eigenvalue weighted by Crippen LogP contribution is 2.11. The lowest BCUT2D eigenvalue weighted by Gasteiger charge is -2.12. The Bertz CT molecular complexity index is 532. The van der Waals surface area contributed by atoms with Crippen LogP contribution in [0.4, 0.5) is 0 Å². The van der Waals surface area contributed by atoms with Crippen molar-refractivity contribution in [1.82, 2.24) is 5.06 Å². The van der Waals surface area contributed by atoms with Crippen LogP contribution in [-0.2, 0) is 47.6 Å². The van der Waals surface area contributed by atoms with E-state index < -0.39 is 17.8 Å². The number of hydrogen-bond acceptors (Lipinski definition) is 10. The molecule has 0 N–H and O–H groups in total. The van der Waals surface area contributed by atoms with Gasteiger partial charge in [-0.2, -0.15) is 0 Å². The van der Waals surface area contributed by atoms with Gasteiger partial charge in [-0.3, -0.25) is 9.59 Å². The van der Waals surface area contributed by atoms with Gasteiger partial charge < -0.3 is 33.3 Å². The van der Waals surface area contributed by atoms with Gasteiger partial charge in [0.05, 0.1) is 66.1 Å². The third kappa shape index (κ3) is 13.2. The Morgan fingerprint density at radius 2 is 1.13 bits per heavy atom. The summed E-state index contributed by atoms with van der Waals surface area (Å²) in [6, 6.07) is 0. The van der Waals surface area contributed by atoms with Crippen LogP contribution in [0.25, 0.3) is 0 Å². The maximum atomic E-state index is 11.5. The molecule has 1 fully saturated rings. The zero-order chi connectivity index (χ0) is 21.9. The molecule has 170 valence electrons. The summed E-state index contributed by atoms with van der Waals surface area (Å²) in [6.45, 7) is 3.85. The minimum absolute atomic E-state index is 0.0491. The lowest BCUT2D eigenvalue weighted by molar-refractivity contribution is -0.200. The van der Waals surface area contributed by atoms with Gasteiger partial charge in [0.15, 0.2) is 0 Å². The number of carbonyl (C=O) groups excluding carboxylic acids is 3. The second-order valence-corrected chi connectivity index (χ2v) is 5.80. The molecular formula is C19H29NO10. The molecule has 1 aliphatic rings. The molecule has 0 aliphatic carbocycles. The number of terminal acetylenes is 1. The van der Waals surface area contributed by atoms with E-state index in [9.17, 15) is 14.4 Å². The molecule has 1 rings (SSSR count). The molecule has 0 aromatic rings. The summed E-state index contributed by atoms with van der Waals surface area (Å²) >= 11 is 0. The second-order valence-electron chi connectivity index (χ2n) is 5.80. The zero-order valence-electron chi connectivity index (χ0n) is 17.0. The molecule has 0 radical (unpaired) electrons. The normalized spacial score (nSPS) is 13.6. The number of rotatable bonds is 19. The van der Waals surface area contributed by atoms with Crippen LogP contribution in [0.5, 0.6) is 0 Å². The van der Waals surface area contributed by atoms with Crippen LogP contribution in [0.3, 0.4) is 0 Å². The molecule has 1 saturated heterocycles. The van der Waals surface area contributed by atoms with E-state index in [2.05, 4.69) is 10.8 Å². The Morgan fingerprint density at radius 1 is 0.733 bits per heavy atom. The van der Waals surface area contributed by atoms with E-state index in [4.69, 9.17) is 34.8 Å². The summed E-state index contributed by atoms with van der Waals surface area (Å²) in [5, 5.41) is 0.480. The van der Waals surface area contributed by atoms with E-state index in [0.717, 1.165) is 0 Å². The maximum Gasteiger partial charge on any atom is 0.358 e. The Hall–Kier alpha value is -2.07. The lowest BCUT2D eigenvalue weighted by atomic mass is 10.4. The van der Waals surface area contributed by atoms with E-state index >= 15 is 0 Å². The van der Waals surface area contributed by atoms with Gasteiger partial charge in [0.1, 0.15) is 13.2 Å². The number of imide groups is 1. The average Bonchev–Trinajstić information content (AvgIpc) is 3.05. The monoisotopic (exact) mass is 431 g/mol. The molecule has 11 heteroatoms. The van der Waals surface area contributed by atoms with Crippen molar-refractivity contribution in [2.45, 2.75) is 12.8 Å². The number of carbonyl (C=O) groups is 3. The number of nitrogens with zero attached hydrogens (tertiary/aromatic N) is 1. The highest BCUT2D eigenvalue weighted by Gasteiger charge is 2.32. The third-order valence-electron chi connectivity index (χ3n) is 3.46. The van der Waals surface area contributed by atoms with E-state index in [1.807, 2.05) is 0 Å². The molecule has 2 amide bonds. The fourth-order valence-electron chi connectivity index (χ4n) is 2.07. The maximum absolute atomic E-state index is 11.5. The van der Waals surface area contributed by atoms with Crippen molar-refractivity contribution in [3.05, 3.63) is 0 Å². The minimum atomic E-state index is -0.815. The number of ether oxygens (including phenoxy) is 6. The van der Waals surface area contributed by atoms with Gasteiger partial charge in [-0.25, -0.2) is 4.79 Å². The predicted octanol–water partition coefficient (Wildman–Crippen LogP) is -0.674. The van der Waals surface area contributed by atoms with Crippen LogP contribution in [0, 0.1) is 12.3 Å². The largest absolute Gasteiger partial charge is 0.377 e. The molecule has 1 heterocycles. The van der Waals surface area contributed by atoms with Gasteiger partial charge in [-0.15, -0.1) is 11.5 Å². The van der Waals surface area contributed by atoms with Gasteiger partial charge >= 0.3 is 5.97 Å². The topological polar surface area (TPSA) is 119 Å². The molecule has 0 aromatic heterocycles. The van der Waals surface area contributed by atoms with Gasteiger partial charge in [0.25, 0.3) is 11.8 Å². The molecule has 11 nitrogen and oxygen atoms in total. The summed E-state index contributed by atoms with van der Waals surface area (Å²) in [4.78, 5) is 38.7. The van der Waals surface area contributed by atoms with Crippen LogP contribution >= 0.6 is 0 Å². The number of hydrogen-bond donors (Lipinski definition) is 0. The highest BCUT2D eigenvalue weighted by atomic mass is 16.7.